The molecule has 0 fully saturated rings. The van der Waals surface area contributed by atoms with Crippen molar-refractivity contribution in [3.63, 3.8) is 0 Å². The number of rotatable bonds is 6. The molecule has 0 amide bonds. The van der Waals surface area contributed by atoms with E-state index < -0.39 is 5.97 Å². The maximum atomic E-state index is 10.7. The van der Waals surface area contributed by atoms with Gasteiger partial charge in [0.15, 0.2) is 5.16 Å². The molecule has 2 rings (SSSR count). The van der Waals surface area contributed by atoms with Gasteiger partial charge in [0.1, 0.15) is 0 Å². The molecule has 0 radical (unpaired) electrons. The molecule has 0 saturated heterocycles. The van der Waals surface area contributed by atoms with E-state index >= 15 is 0 Å². The number of imidazole rings is 1. The Labute approximate surface area is 122 Å². The van der Waals surface area contributed by atoms with Crippen molar-refractivity contribution in [2.24, 2.45) is 0 Å². The van der Waals surface area contributed by atoms with Crippen LogP contribution in [-0.2, 0) is 17.8 Å². The number of thioether (sulfide) groups is 1. The zero-order valence-electron chi connectivity index (χ0n) is 11.5. The number of aromatic nitrogens is 3. The Balaban J connectivity index is 2.24. The van der Waals surface area contributed by atoms with E-state index in [0.717, 1.165) is 28.7 Å². The van der Waals surface area contributed by atoms with Gasteiger partial charge in [-0.15, -0.1) is 0 Å². The summed E-state index contributed by atoms with van der Waals surface area (Å²) < 4.78 is 2.04. The van der Waals surface area contributed by atoms with Crippen LogP contribution in [0.25, 0.3) is 0 Å². The first-order valence-electron chi connectivity index (χ1n) is 6.41. The van der Waals surface area contributed by atoms with Gasteiger partial charge in [0, 0.05) is 17.6 Å². The molecule has 0 spiro atoms. The standard InChI is InChI=1S/C14H17N3O2S/c1-3-12-7-15-14(20-9-13(18)19)17(12)8-11-6-4-5-10(2)16-11/h4-7H,3,8-9H2,1-2H3,(H,18,19). The molecule has 2 aromatic rings. The van der Waals surface area contributed by atoms with E-state index in [1.54, 1.807) is 6.20 Å². The SMILES string of the molecule is CCc1cnc(SCC(=O)O)n1Cc1cccc(C)n1. The fourth-order valence-corrected chi connectivity index (χ4v) is 2.65. The molecule has 0 unspecified atom stereocenters. The van der Waals surface area contributed by atoms with Gasteiger partial charge in [0.2, 0.25) is 0 Å². The monoisotopic (exact) mass is 291 g/mol. The summed E-state index contributed by atoms with van der Waals surface area (Å²) >= 11 is 1.24. The molecular weight excluding hydrogens is 274 g/mol. The van der Waals surface area contributed by atoms with Gasteiger partial charge in [-0.1, -0.05) is 24.8 Å². The van der Waals surface area contributed by atoms with Crippen molar-refractivity contribution in [1.82, 2.24) is 14.5 Å². The van der Waals surface area contributed by atoms with E-state index in [0.29, 0.717) is 6.54 Å². The van der Waals surface area contributed by atoms with Gasteiger partial charge in [-0.3, -0.25) is 9.78 Å². The molecule has 6 heteroatoms. The predicted molar refractivity (Wildman–Crippen MR) is 78.0 cm³/mol. The highest BCUT2D eigenvalue weighted by Gasteiger charge is 2.12. The lowest BCUT2D eigenvalue weighted by Gasteiger charge is -2.10. The van der Waals surface area contributed by atoms with Crippen molar-refractivity contribution in [2.45, 2.75) is 32.0 Å². The molecule has 1 N–H and O–H groups in total. The van der Waals surface area contributed by atoms with Crippen LogP contribution in [0.2, 0.25) is 0 Å². The summed E-state index contributed by atoms with van der Waals surface area (Å²) in [6, 6.07) is 5.90. The molecule has 106 valence electrons. The highest BCUT2D eigenvalue weighted by molar-refractivity contribution is 7.99. The lowest BCUT2D eigenvalue weighted by Crippen LogP contribution is -2.08. The number of aryl methyl sites for hydroxylation is 2. The average molecular weight is 291 g/mol. The molecule has 0 atom stereocenters. The second-order valence-electron chi connectivity index (χ2n) is 4.42. The second-order valence-corrected chi connectivity index (χ2v) is 5.37. The zero-order valence-corrected chi connectivity index (χ0v) is 12.4. The fourth-order valence-electron chi connectivity index (χ4n) is 1.93. The summed E-state index contributed by atoms with van der Waals surface area (Å²) in [7, 11) is 0. The first-order valence-corrected chi connectivity index (χ1v) is 7.40. The first-order chi connectivity index (χ1) is 9.60. The van der Waals surface area contributed by atoms with Crippen LogP contribution in [0.4, 0.5) is 0 Å². The van der Waals surface area contributed by atoms with Crippen molar-refractivity contribution >= 4 is 17.7 Å². The summed E-state index contributed by atoms with van der Waals surface area (Å²) in [6.07, 6.45) is 2.66. The van der Waals surface area contributed by atoms with Gasteiger partial charge in [0.05, 0.1) is 18.0 Å². The maximum Gasteiger partial charge on any atom is 0.313 e. The predicted octanol–water partition coefficient (Wildman–Crippen LogP) is 2.37. The van der Waals surface area contributed by atoms with E-state index in [9.17, 15) is 4.79 Å². The van der Waals surface area contributed by atoms with E-state index in [1.807, 2.05) is 29.7 Å². The molecule has 0 aliphatic heterocycles. The molecule has 0 saturated carbocycles. The van der Waals surface area contributed by atoms with Crippen LogP contribution < -0.4 is 0 Å². The van der Waals surface area contributed by atoms with Crippen LogP contribution in [0.1, 0.15) is 24.0 Å². The van der Waals surface area contributed by atoms with Crippen molar-refractivity contribution in [3.8, 4) is 0 Å². The number of hydrogen-bond acceptors (Lipinski definition) is 4. The second kappa shape index (κ2) is 6.56. The van der Waals surface area contributed by atoms with Crippen molar-refractivity contribution in [3.05, 3.63) is 41.5 Å². The molecule has 20 heavy (non-hydrogen) atoms. The zero-order chi connectivity index (χ0) is 14.5. The number of nitrogens with zero attached hydrogens (tertiary/aromatic N) is 3. The van der Waals surface area contributed by atoms with Gasteiger partial charge in [0.25, 0.3) is 0 Å². The van der Waals surface area contributed by atoms with Gasteiger partial charge in [-0.2, -0.15) is 0 Å². The maximum absolute atomic E-state index is 10.7. The van der Waals surface area contributed by atoms with Crippen LogP contribution in [-0.4, -0.2) is 31.4 Å². The van der Waals surface area contributed by atoms with Gasteiger partial charge < -0.3 is 9.67 Å². The van der Waals surface area contributed by atoms with Gasteiger partial charge in [-0.05, 0) is 25.5 Å². The quantitative estimate of drug-likeness (QED) is 0.828. The third kappa shape index (κ3) is 3.60. The molecule has 0 aliphatic carbocycles. The van der Waals surface area contributed by atoms with E-state index in [-0.39, 0.29) is 5.75 Å². The number of hydrogen-bond donors (Lipinski definition) is 1. The fraction of sp³-hybridized carbons (Fsp3) is 0.357. The molecule has 2 aromatic heterocycles. The summed E-state index contributed by atoms with van der Waals surface area (Å²) in [4.78, 5) is 19.5. The lowest BCUT2D eigenvalue weighted by molar-refractivity contribution is -0.133. The van der Waals surface area contributed by atoms with Gasteiger partial charge in [-0.25, -0.2) is 4.98 Å². The molecule has 0 aliphatic rings. The van der Waals surface area contributed by atoms with Crippen molar-refractivity contribution in [2.75, 3.05) is 5.75 Å². The largest absolute Gasteiger partial charge is 0.481 e. The minimum Gasteiger partial charge on any atom is -0.481 e. The molecule has 2 heterocycles. The van der Waals surface area contributed by atoms with Crippen LogP contribution in [0.3, 0.4) is 0 Å². The topological polar surface area (TPSA) is 68.0 Å². The Morgan fingerprint density at radius 1 is 1.45 bits per heavy atom. The Kier molecular flexibility index (Phi) is 4.79. The third-order valence-electron chi connectivity index (χ3n) is 2.85. The third-order valence-corrected chi connectivity index (χ3v) is 3.83. The summed E-state index contributed by atoms with van der Waals surface area (Å²) in [5.74, 6) is -0.821. The Morgan fingerprint density at radius 2 is 2.25 bits per heavy atom. The number of aliphatic carboxylic acids is 1. The Morgan fingerprint density at radius 3 is 2.90 bits per heavy atom. The molecular formula is C14H17N3O2S. The van der Waals surface area contributed by atoms with Crippen molar-refractivity contribution in [1.29, 1.82) is 0 Å². The number of carboxylic acids is 1. The highest BCUT2D eigenvalue weighted by atomic mass is 32.2. The van der Waals surface area contributed by atoms with Crippen molar-refractivity contribution < 1.29 is 9.90 Å². The minimum absolute atomic E-state index is 0.0153. The Bertz CT molecular complexity index is 610. The number of pyridine rings is 1. The Hall–Kier alpha value is -1.82. The van der Waals surface area contributed by atoms with Crippen LogP contribution in [0.15, 0.2) is 29.6 Å². The molecule has 5 nitrogen and oxygen atoms in total. The molecule has 0 aromatic carbocycles. The minimum atomic E-state index is -0.837. The summed E-state index contributed by atoms with van der Waals surface area (Å²) in [5.41, 5.74) is 3.01. The van der Waals surface area contributed by atoms with Crippen LogP contribution in [0.5, 0.6) is 0 Å². The molecule has 0 bridgehead atoms. The highest BCUT2D eigenvalue weighted by Crippen LogP contribution is 2.20. The summed E-state index contributed by atoms with van der Waals surface area (Å²) in [5, 5.41) is 9.51. The number of carboxylic acid groups (broad SMARTS) is 1. The van der Waals surface area contributed by atoms with Crippen LogP contribution >= 0.6 is 11.8 Å². The first kappa shape index (κ1) is 14.6. The summed E-state index contributed by atoms with van der Waals surface area (Å²) in [6.45, 7) is 4.63. The van der Waals surface area contributed by atoms with Gasteiger partial charge >= 0.3 is 5.97 Å². The average Bonchev–Trinajstić information content (AvgIpc) is 2.78. The van der Waals surface area contributed by atoms with E-state index in [2.05, 4.69) is 16.9 Å². The smallest absolute Gasteiger partial charge is 0.313 e. The van der Waals surface area contributed by atoms with E-state index in [1.165, 1.54) is 11.8 Å². The van der Waals surface area contributed by atoms with Crippen LogP contribution in [0, 0.1) is 6.92 Å². The number of carbonyl (C=O) groups is 1. The lowest BCUT2D eigenvalue weighted by atomic mass is 10.3. The normalized spacial score (nSPS) is 10.7. The van der Waals surface area contributed by atoms with E-state index in [4.69, 9.17) is 5.11 Å².